The van der Waals surface area contributed by atoms with Gasteiger partial charge in [-0.25, -0.2) is 5.14 Å². The molecule has 1 aliphatic rings. The van der Waals surface area contributed by atoms with Crippen molar-refractivity contribution < 1.29 is 13.6 Å². The van der Waals surface area contributed by atoms with Crippen molar-refractivity contribution in [2.24, 2.45) is 16.2 Å². The van der Waals surface area contributed by atoms with Crippen molar-refractivity contribution in [2.45, 2.75) is 13.3 Å². The molecule has 0 aromatic heterocycles. The lowest BCUT2D eigenvalue weighted by Crippen LogP contribution is -2.46. The number of hydrogen-bond donors (Lipinski definition) is 2. The van der Waals surface area contributed by atoms with E-state index in [0.29, 0.717) is 18.7 Å². The quantitative estimate of drug-likeness (QED) is 0.442. The molecule has 0 amide bonds. The van der Waals surface area contributed by atoms with Gasteiger partial charge >= 0.3 is 0 Å². The van der Waals surface area contributed by atoms with Crippen molar-refractivity contribution in [2.75, 3.05) is 13.1 Å². The molecule has 0 aromatic carbocycles. The van der Waals surface area contributed by atoms with Crippen LogP contribution >= 0.6 is 0 Å². The van der Waals surface area contributed by atoms with Gasteiger partial charge in [0, 0.05) is 25.4 Å². The molecule has 1 fully saturated rings. The van der Waals surface area contributed by atoms with Crippen LogP contribution in [0.5, 0.6) is 0 Å². The van der Waals surface area contributed by atoms with E-state index in [-0.39, 0.29) is 12.5 Å². The largest absolute Gasteiger partial charge is 0.411 e. The van der Waals surface area contributed by atoms with Gasteiger partial charge in [-0.05, 0) is 0 Å². The Kier molecular flexibility index (Phi) is 2.89. The summed E-state index contributed by atoms with van der Waals surface area (Å²) in [4.78, 5) is 0. The molecule has 1 aliphatic heterocycles. The van der Waals surface area contributed by atoms with Gasteiger partial charge in [0.05, 0.1) is 5.71 Å². The summed E-state index contributed by atoms with van der Waals surface area (Å²) < 4.78 is 23.0. The van der Waals surface area contributed by atoms with Gasteiger partial charge in [0.1, 0.15) is 0 Å². The first-order chi connectivity index (χ1) is 5.95. The van der Waals surface area contributed by atoms with E-state index in [2.05, 4.69) is 5.16 Å². The lowest BCUT2D eigenvalue weighted by molar-refractivity contribution is 0.300. The van der Waals surface area contributed by atoms with Crippen molar-refractivity contribution in [3.05, 3.63) is 0 Å². The second kappa shape index (κ2) is 3.60. The van der Waals surface area contributed by atoms with Gasteiger partial charge < -0.3 is 5.21 Å². The Morgan fingerprint density at radius 1 is 1.69 bits per heavy atom. The number of rotatable bonds is 1. The second-order valence-electron chi connectivity index (χ2n) is 3.15. The summed E-state index contributed by atoms with van der Waals surface area (Å²) in [5.41, 5.74) is 0.625. The van der Waals surface area contributed by atoms with E-state index in [1.807, 2.05) is 0 Å². The lowest BCUT2D eigenvalue weighted by Gasteiger charge is -2.28. The van der Waals surface area contributed by atoms with Crippen LogP contribution in [0.4, 0.5) is 0 Å². The Morgan fingerprint density at radius 3 is 2.69 bits per heavy atom. The summed E-state index contributed by atoms with van der Waals surface area (Å²) in [5, 5.41) is 16.6. The molecule has 1 unspecified atom stereocenters. The molecular formula is C6H13N3O3S. The van der Waals surface area contributed by atoms with E-state index in [0.717, 1.165) is 0 Å². The number of nitrogens with zero attached hydrogens (tertiary/aromatic N) is 2. The Hall–Kier alpha value is -0.660. The van der Waals surface area contributed by atoms with Crippen LogP contribution in [0.25, 0.3) is 0 Å². The first-order valence-electron chi connectivity index (χ1n) is 3.94. The van der Waals surface area contributed by atoms with Gasteiger partial charge in [-0.2, -0.15) is 12.7 Å². The van der Waals surface area contributed by atoms with E-state index in [9.17, 15) is 8.42 Å². The first kappa shape index (κ1) is 10.4. The summed E-state index contributed by atoms with van der Waals surface area (Å²) in [6.07, 6.45) is 0.439. The number of piperidine rings is 1. The average molecular weight is 207 g/mol. The molecule has 6 nitrogen and oxygen atoms in total. The van der Waals surface area contributed by atoms with Crippen LogP contribution in [-0.2, 0) is 10.2 Å². The predicted molar refractivity (Wildman–Crippen MR) is 47.7 cm³/mol. The third kappa shape index (κ3) is 2.39. The summed E-state index contributed by atoms with van der Waals surface area (Å²) in [6.45, 7) is 2.38. The fourth-order valence-corrected chi connectivity index (χ4v) is 2.14. The van der Waals surface area contributed by atoms with E-state index >= 15 is 0 Å². The van der Waals surface area contributed by atoms with Crippen molar-refractivity contribution in [1.82, 2.24) is 4.31 Å². The minimum atomic E-state index is -3.59. The molecule has 1 atom stereocenters. The lowest BCUT2D eigenvalue weighted by atomic mass is 10.00. The fraction of sp³-hybridized carbons (Fsp3) is 0.833. The second-order valence-corrected chi connectivity index (χ2v) is 4.69. The maximum absolute atomic E-state index is 10.9. The van der Waals surface area contributed by atoms with Gasteiger partial charge in [0.2, 0.25) is 0 Å². The maximum atomic E-state index is 10.9. The maximum Gasteiger partial charge on any atom is 0.276 e. The van der Waals surface area contributed by atoms with Gasteiger partial charge in [0.25, 0.3) is 10.2 Å². The van der Waals surface area contributed by atoms with E-state index in [4.69, 9.17) is 10.3 Å². The molecule has 1 rings (SSSR count). The van der Waals surface area contributed by atoms with Gasteiger partial charge in [0.15, 0.2) is 0 Å². The monoisotopic (exact) mass is 207 g/mol. The van der Waals surface area contributed by atoms with E-state index in [1.165, 1.54) is 4.31 Å². The predicted octanol–water partition coefficient (Wildman–Crippen LogP) is -0.638. The van der Waals surface area contributed by atoms with Crippen LogP contribution < -0.4 is 5.14 Å². The Bertz CT molecular complexity index is 311. The highest BCUT2D eigenvalue weighted by molar-refractivity contribution is 7.86. The summed E-state index contributed by atoms with van der Waals surface area (Å²) in [5.74, 6) is -0.0722. The van der Waals surface area contributed by atoms with Crippen molar-refractivity contribution in [3.8, 4) is 0 Å². The third-order valence-electron chi connectivity index (χ3n) is 2.15. The van der Waals surface area contributed by atoms with Crippen LogP contribution in [0.3, 0.4) is 0 Å². The molecule has 0 spiro atoms. The molecular weight excluding hydrogens is 194 g/mol. The Labute approximate surface area is 77.2 Å². The van der Waals surface area contributed by atoms with Crippen LogP contribution in [0.1, 0.15) is 13.3 Å². The van der Waals surface area contributed by atoms with Crippen molar-refractivity contribution >= 4 is 15.9 Å². The normalized spacial score (nSPS) is 29.4. The molecule has 76 valence electrons. The molecule has 0 bridgehead atoms. The molecule has 1 heterocycles. The topological polar surface area (TPSA) is 96.0 Å². The van der Waals surface area contributed by atoms with Crippen LogP contribution in [-0.4, -0.2) is 36.7 Å². The van der Waals surface area contributed by atoms with Gasteiger partial charge in [-0.15, -0.1) is 0 Å². The van der Waals surface area contributed by atoms with Crippen LogP contribution in [0.2, 0.25) is 0 Å². The molecule has 7 heteroatoms. The Balaban J connectivity index is 2.72. The molecule has 3 N–H and O–H groups in total. The van der Waals surface area contributed by atoms with Crippen molar-refractivity contribution in [1.29, 1.82) is 0 Å². The zero-order valence-corrected chi connectivity index (χ0v) is 8.16. The minimum absolute atomic E-state index is 0.0722. The van der Waals surface area contributed by atoms with E-state index in [1.54, 1.807) is 6.92 Å². The summed E-state index contributed by atoms with van der Waals surface area (Å²) >= 11 is 0. The van der Waals surface area contributed by atoms with Gasteiger partial charge in [-0.1, -0.05) is 12.1 Å². The molecule has 1 saturated heterocycles. The molecule has 0 aromatic rings. The third-order valence-corrected chi connectivity index (χ3v) is 3.20. The van der Waals surface area contributed by atoms with Crippen LogP contribution in [0.15, 0.2) is 5.16 Å². The molecule has 0 saturated carbocycles. The number of nitrogens with two attached hydrogens (primary N) is 1. The van der Waals surface area contributed by atoms with E-state index < -0.39 is 10.2 Å². The minimum Gasteiger partial charge on any atom is -0.411 e. The highest BCUT2D eigenvalue weighted by Gasteiger charge is 2.28. The highest BCUT2D eigenvalue weighted by atomic mass is 32.2. The number of hydrogen-bond acceptors (Lipinski definition) is 4. The zero-order chi connectivity index (χ0) is 10.1. The smallest absolute Gasteiger partial charge is 0.276 e. The standard InChI is InChI=1S/C6H13N3O3S/c1-5-4-9(13(7,11)12)3-2-6(5)8-10/h5,10H,2-4H2,1H3,(H2,7,11,12). The molecule has 13 heavy (non-hydrogen) atoms. The fourth-order valence-electron chi connectivity index (χ4n) is 1.37. The summed E-state index contributed by atoms with van der Waals surface area (Å²) in [6, 6.07) is 0. The highest BCUT2D eigenvalue weighted by Crippen LogP contribution is 2.14. The summed E-state index contributed by atoms with van der Waals surface area (Å²) in [7, 11) is -3.59. The zero-order valence-electron chi connectivity index (χ0n) is 7.34. The Morgan fingerprint density at radius 2 is 2.31 bits per heavy atom. The van der Waals surface area contributed by atoms with Crippen molar-refractivity contribution in [3.63, 3.8) is 0 Å². The van der Waals surface area contributed by atoms with Gasteiger partial charge in [-0.3, -0.25) is 0 Å². The molecule has 0 aliphatic carbocycles. The number of oxime groups is 1. The van der Waals surface area contributed by atoms with Crippen LogP contribution in [0, 0.1) is 5.92 Å². The SMILES string of the molecule is CC1CN(S(N)(=O)=O)CCC1=NO. The molecule has 0 radical (unpaired) electrons. The average Bonchev–Trinajstić information content (AvgIpc) is 2.02. The first-order valence-corrected chi connectivity index (χ1v) is 5.44.